The van der Waals surface area contributed by atoms with Crippen LogP contribution in [-0.2, 0) is 21.2 Å². The average Bonchev–Trinajstić information content (AvgIpc) is 3.00. The molecule has 0 aliphatic heterocycles. The first-order valence-corrected chi connectivity index (χ1v) is 9.24. The third-order valence-corrected chi connectivity index (χ3v) is 4.57. The predicted octanol–water partition coefficient (Wildman–Crippen LogP) is 0.740. The van der Waals surface area contributed by atoms with E-state index >= 15 is 0 Å². The molecule has 24 heavy (non-hydrogen) atoms. The maximum atomic E-state index is 11.8. The molecular weight excluding hydrogens is 332 g/mol. The standard InChI is InChI=1S/C15H20N4O4S/c1-9(2)13(16)15(20)17-8-12-18-14(19-23-12)10-4-6-11(7-5-10)24(3,21)22/h4-7,9,13H,8,16H2,1-3H3,(H,17,20)/t13-/m0/s1. The molecular formula is C15H20N4O4S. The molecule has 0 saturated heterocycles. The fourth-order valence-electron chi connectivity index (χ4n) is 1.88. The third-order valence-electron chi connectivity index (χ3n) is 3.44. The van der Waals surface area contributed by atoms with Crippen LogP contribution in [0.2, 0.25) is 0 Å². The Balaban J connectivity index is 2.04. The Morgan fingerprint density at radius 2 is 1.92 bits per heavy atom. The Hall–Kier alpha value is -2.26. The molecule has 0 unspecified atom stereocenters. The molecule has 0 aliphatic carbocycles. The highest BCUT2D eigenvalue weighted by molar-refractivity contribution is 7.90. The van der Waals surface area contributed by atoms with Crippen LogP contribution in [0.25, 0.3) is 11.4 Å². The molecule has 0 fully saturated rings. The minimum atomic E-state index is -3.25. The molecule has 130 valence electrons. The summed E-state index contributed by atoms with van der Waals surface area (Å²) in [5.74, 6) is 0.285. The van der Waals surface area contributed by atoms with Crippen molar-refractivity contribution in [2.24, 2.45) is 11.7 Å². The first-order chi connectivity index (χ1) is 11.2. The summed E-state index contributed by atoms with van der Waals surface area (Å²) in [5, 5.41) is 6.45. The lowest BCUT2D eigenvalue weighted by atomic mass is 10.1. The maximum absolute atomic E-state index is 11.8. The van der Waals surface area contributed by atoms with Gasteiger partial charge in [-0.15, -0.1) is 0 Å². The van der Waals surface area contributed by atoms with Crippen LogP contribution in [0.1, 0.15) is 19.7 Å². The van der Waals surface area contributed by atoms with Gasteiger partial charge in [-0.2, -0.15) is 4.98 Å². The number of sulfone groups is 1. The van der Waals surface area contributed by atoms with Gasteiger partial charge in [0.05, 0.1) is 17.5 Å². The number of amides is 1. The Morgan fingerprint density at radius 3 is 2.46 bits per heavy atom. The Labute approximate surface area is 140 Å². The summed E-state index contributed by atoms with van der Waals surface area (Å²) in [6.45, 7) is 3.79. The minimum Gasteiger partial charge on any atom is -0.346 e. The SMILES string of the molecule is CC(C)[C@H](N)C(=O)NCc1nc(-c2ccc(S(C)(=O)=O)cc2)no1. The van der Waals surface area contributed by atoms with Crippen LogP contribution in [0, 0.1) is 5.92 Å². The van der Waals surface area contributed by atoms with Gasteiger partial charge in [-0.1, -0.05) is 19.0 Å². The van der Waals surface area contributed by atoms with Crippen molar-refractivity contribution >= 4 is 15.7 Å². The average molecular weight is 352 g/mol. The van der Waals surface area contributed by atoms with E-state index in [-0.39, 0.29) is 29.2 Å². The van der Waals surface area contributed by atoms with E-state index in [9.17, 15) is 13.2 Å². The number of aromatic nitrogens is 2. The van der Waals surface area contributed by atoms with Crippen molar-refractivity contribution in [3.63, 3.8) is 0 Å². The van der Waals surface area contributed by atoms with Crippen LogP contribution in [0.4, 0.5) is 0 Å². The molecule has 0 aliphatic rings. The van der Waals surface area contributed by atoms with Crippen molar-refractivity contribution in [2.45, 2.75) is 31.3 Å². The monoisotopic (exact) mass is 352 g/mol. The number of hydrogen-bond donors (Lipinski definition) is 2. The second-order valence-corrected chi connectivity index (χ2v) is 7.81. The summed E-state index contributed by atoms with van der Waals surface area (Å²) in [4.78, 5) is 16.2. The van der Waals surface area contributed by atoms with Crippen molar-refractivity contribution < 1.29 is 17.7 Å². The largest absolute Gasteiger partial charge is 0.346 e. The van der Waals surface area contributed by atoms with E-state index in [1.807, 2.05) is 13.8 Å². The Bertz CT molecular complexity index is 812. The summed E-state index contributed by atoms with van der Waals surface area (Å²) in [6.07, 6.45) is 1.14. The van der Waals surface area contributed by atoms with E-state index in [2.05, 4.69) is 15.5 Å². The van der Waals surface area contributed by atoms with Crippen molar-refractivity contribution in [1.29, 1.82) is 0 Å². The summed E-state index contributed by atoms with van der Waals surface area (Å²) in [5.41, 5.74) is 6.36. The highest BCUT2D eigenvalue weighted by Gasteiger charge is 2.18. The number of hydrogen-bond acceptors (Lipinski definition) is 7. The van der Waals surface area contributed by atoms with Crippen molar-refractivity contribution in [1.82, 2.24) is 15.5 Å². The number of carbonyl (C=O) groups is 1. The first-order valence-electron chi connectivity index (χ1n) is 7.35. The lowest BCUT2D eigenvalue weighted by molar-refractivity contribution is -0.123. The molecule has 1 amide bonds. The Morgan fingerprint density at radius 1 is 1.29 bits per heavy atom. The molecule has 1 heterocycles. The molecule has 1 aromatic heterocycles. The lowest BCUT2D eigenvalue weighted by Crippen LogP contribution is -2.43. The lowest BCUT2D eigenvalue weighted by Gasteiger charge is -2.14. The van der Waals surface area contributed by atoms with Crippen LogP contribution in [0.15, 0.2) is 33.7 Å². The molecule has 1 aromatic carbocycles. The van der Waals surface area contributed by atoms with Gasteiger partial charge < -0.3 is 15.6 Å². The minimum absolute atomic E-state index is 0.0246. The summed E-state index contributed by atoms with van der Waals surface area (Å²) in [6, 6.07) is 5.54. The predicted molar refractivity (Wildman–Crippen MR) is 87.5 cm³/mol. The van der Waals surface area contributed by atoms with Gasteiger partial charge in [0.2, 0.25) is 17.6 Å². The van der Waals surface area contributed by atoms with Crippen molar-refractivity contribution in [3.8, 4) is 11.4 Å². The number of rotatable bonds is 6. The van der Waals surface area contributed by atoms with E-state index in [1.54, 1.807) is 12.1 Å². The van der Waals surface area contributed by atoms with Crippen LogP contribution < -0.4 is 11.1 Å². The fraction of sp³-hybridized carbons (Fsp3) is 0.400. The zero-order valence-electron chi connectivity index (χ0n) is 13.7. The molecule has 0 saturated carbocycles. The second kappa shape index (κ2) is 7.10. The van der Waals surface area contributed by atoms with Crippen molar-refractivity contribution in [2.75, 3.05) is 6.26 Å². The molecule has 2 aromatic rings. The number of nitrogens with zero attached hydrogens (tertiary/aromatic N) is 2. The summed E-state index contributed by atoms with van der Waals surface area (Å²) >= 11 is 0. The summed E-state index contributed by atoms with van der Waals surface area (Å²) < 4.78 is 27.9. The van der Waals surface area contributed by atoms with Crippen LogP contribution in [-0.4, -0.2) is 36.8 Å². The summed E-state index contributed by atoms with van der Waals surface area (Å²) in [7, 11) is -3.25. The topological polar surface area (TPSA) is 128 Å². The van der Waals surface area contributed by atoms with E-state index in [0.717, 1.165) is 6.26 Å². The molecule has 1 atom stereocenters. The molecule has 2 rings (SSSR count). The highest BCUT2D eigenvalue weighted by Crippen LogP contribution is 2.18. The zero-order valence-corrected chi connectivity index (χ0v) is 14.5. The van der Waals surface area contributed by atoms with Gasteiger partial charge in [-0.25, -0.2) is 8.42 Å². The molecule has 9 heteroatoms. The third kappa shape index (κ3) is 4.39. The first kappa shape index (κ1) is 18.1. The van der Waals surface area contributed by atoms with Gasteiger partial charge in [0.25, 0.3) is 0 Å². The Kier molecular flexibility index (Phi) is 5.35. The number of benzene rings is 1. The van der Waals surface area contributed by atoms with Crippen LogP contribution in [0.3, 0.4) is 0 Å². The number of carbonyl (C=O) groups excluding carboxylic acids is 1. The molecule has 0 radical (unpaired) electrons. The quantitative estimate of drug-likeness (QED) is 0.784. The van der Waals surface area contributed by atoms with Gasteiger partial charge in [0, 0.05) is 11.8 Å². The van der Waals surface area contributed by atoms with Gasteiger partial charge in [0.1, 0.15) is 0 Å². The normalized spacial score (nSPS) is 13.0. The van der Waals surface area contributed by atoms with E-state index in [0.29, 0.717) is 11.4 Å². The van der Waals surface area contributed by atoms with Gasteiger partial charge >= 0.3 is 0 Å². The van der Waals surface area contributed by atoms with Crippen LogP contribution in [0.5, 0.6) is 0 Å². The molecule has 0 spiro atoms. The van der Waals surface area contributed by atoms with E-state index in [4.69, 9.17) is 10.3 Å². The fourth-order valence-corrected chi connectivity index (χ4v) is 2.51. The highest BCUT2D eigenvalue weighted by atomic mass is 32.2. The zero-order chi connectivity index (χ0) is 17.9. The molecule has 3 N–H and O–H groups in total. The van der Waals surface area contributed by atoms with Crippen molar-refractivity contribution in [3.05, 3.63) is 30.2 Å². The number of nitrogens with one attached hydrogen (secondary N) is 1. The molecule has 0 bridgehead atoms. The second-order valence-electron chi connectivity index (χ2n) is 5.80. The smallest absolute Gasteiger partial charge is 0.246 e. The van der Waals surface area contributed by atoms with E-state index < -0.39 is 15.9 Å². The number of nitrogens with two attached hydrogens (primary N) is 1. The van der Waals surface area contributed by atoms with Crippen LogP contribution >= 0.6 is 0 Å². The van der Waals surface area contributed by atoms with Gasteiger partial charge in [-0.05, 0) is 30.2 Å². The van der Waals surface area contributed by atoms with Gasteiger partial charge in [0.15, 0.2) is 9.84 Å². The molecule has 8 nitrogen and oxygen atoms in total. The van der Waals surface area contributed by atoms with Gasteiger partial charge in [-0.3, -0.25) is 4.79 Å². The maximum Gasteiger partial charge on any atom is 0.246 e. The van der Waals surface area contributed by atoms with E-state index in [1.165, 1.54) is 12.1 Å².